The predicted octanol–water partition coefficient (Wildman–Crippen LogP) is 3.30. The lowest BCUT2D eigenvalue weighted by Gasteiger charge is -2.17. The summed E-state index contributed by atoms with van der Waals surface area (Å²) >= 11 is 0. The smallest absolute Gasteiger partial charge is 0.341 e. The molecule has 3 aromatic rings. The predicted molar refractivity (Wildman–Crippen MR) is 109 cm³/mol. The Kier molecular flexibility index (Phi) is 5.81. The molecule has 3 N–H and O–H groups in total. The fraction of sp³-hybridized carbons (Fsp3) is 0.190. The fourth-order valence-corrected chi connectivity index (χ4v) is 3.01. The molecule has 0 aliphatic heterocycles. The number of nitrogens with zero attached hydrogens (tertiary/aromatic N) is 2. The highest BCUT2D eigenvalue weighted by Crippen LogP contribution is 2.26. The van der Waals surface area contributed by atoms with Gasteiger partial charge < -0.3 is 20.4 Å². The average Bonchev–Trinajstić information content (AvgIpc) is 2.71. The van der Waals surface area contributed by atoms with Crippen LogP contribution < -0.4 is 16.6 Å². The summed E-state index contributed by atoms with van der Waals surface area (Å²) < 4.78 is 34.5. The summed E-state index contributed by atoms with van der Waals surface area (Å²) in [5, 5.41) is 2.81. The van der Waals surface area contributed by atoms with Gasteiger partial charge in [0, 0.05) is 23.5 Å². The van der Waals surface area contributed by atoms with Crippen molar-refractivity contribution in [2.45, 2.75) is 20.4 Å². The third-order valence-corrected chi connectivity index (χ3v) is 4.64. The van der Waals surface area contributed by atoms with Crippen molar-refractivity contribution in [2.75, 3.05) is 18.2 Å². The summed E-state index contributed by atoms with van der Waals surface area (Å²) in [5.74, 6) is -2.32. The minimum absolute atomic E-state index is 0.00277. The van der Waals surface area contributed by atoms with Crippen molar-refractivity contribution in [3.05, 3.63) is 80.9 Å². The summed E-state index contributed by atoms with van der Waals surface area (Å²) in [7, 11) is 1.19. The van der Waals surface area contributed by atoms with E-state index in [-0.39, 0.29) is 40.4 Å². The number of hydrogen-bond acceptors (Lipinski definition) is 6. The molecule has 0 saturated heterocycles. The molecule has 156 valence electrons. The molecular formula is C21H20F2N4O3. The number of nitrogens with one attached hydrogen (secondary N) is 1. The van der Waals surface area contributed by atoms with Crippen LogP contribution in [0.3, 0.4) is 0 Å². The highest BCUT2D eigenvalue weighted by atomic mass is 19.1. The van der Waals surface area contributed by atoms with Gasteiger partial charge in [-0.25, -0.2) is 18.6 Å². The number of anilines is 3. The largest absolute Gasteiger partial charge is 0.465 e. The van der Waals surface area contributed by atoms with Gasteiger partial charge in [0.1, 0.15) is 5.82 Å². The van der Waals surface area contributed by atoms with E-state index in [0.717, 1.165) is 10.1 Å². The standard InChI is InChI=1S/C21H20F2N4O3/c1-11-4-5-16(15(22)8-11)26-18-12(2)20(28)27(10-14(18)21(29)30-3)9-13-6-7-25-19(24)17(13)23/h4-8,10,26H,9H2,1-3H3,(H2,24,25). The molecule has 0 aliphatic carbocycles. The number of methoxy groups -OCH3 is 1. The van der Waals surface area contributed by atoms with Crippen molar-refractivity contribution >= 4 is 23.2 Å². The van der Waals surface area contributed by atoms with Gasteiger partial charge >= 0.3 is 5.97 Å². The zero-order valence-electron chi connectivity index (χ0n) is 16.6. The van der Waals surface area contributed by atoms with Gasteiger partial charge in [-0.3, -0.25) is 4.79 Å². The van der Waals surface area contributed by atoms with Crippen molar-refractivity contribution < 1.29 is 18.3 Å². The average molecular weight is 414 g/mol. The molecular weight excluding hydrogens is 394 g/mol. The van der Waals surface area contributed by atoms with Gasteiger partial charge in [0.05, 0.1) is 30.6 Å². The van der Waals surface area contributed by atoms with Crippen LogP contribution in [0.1, 0.15) is 27.0 Å². The number of aromatic nitrogens is 2. The van der Waals surface area contributed by atoms with E-state index in [0.29, 0.717) is 0 Å². The second-order valence-corrected chi connectivity index (χ2v) is 6.75. The van der Waals surface area contributed by atoms with E-state index in [1.165, 1.54) is 44.6 Å². The normalized spacial score (nSPS) is 10.7. The minimum atomic E-state index is -0.745. The summed E-state index contributed by atoms with van der Waals surface area (Å²) in [6.07, 6.45) is 2.56. The Bertz CT molecular complexity index is 1190. The van der Waals surface area contributed by atoms with Crippen LogP contribution in [0.4, 0.5) is 26.0 Å². The minimum Gasteiger partial charge on any atom is -0.465 e. The van der Waals surface area contributed by atoms with Crippen molar-refractivity contribution in [2.24, 2.45) is 0 Å². The molecule has 0 fully saturated rings. The topological polar surface area (TPSA) is 99.2 Å². The number of rotatable bonds is 5. The Morgan fingerprint density at radius 1 is 1.27 bits per heavy atom. The number of nitrogens with two attached hydrogens (primary N) is 1. The van der Waals surface area contributed by atoms with Crippen LogP contribution >= 0.6 is 0 Å². The van der Waals surface area contributed by atoms with Gasteiger partial charge in [0.2, 0.25) is 0 Å². The Morgan fingerprint density at radius 3 is 2.67 bits per heavy atom. The lowest BCUT2D eigenvalue weighted by molar-refractivity contribution is 0.0600. The van der Waals surface area contributed by atoms with E-state index in [9.17, 15) is 18.4 Å². The second-order valence-electron chi connectivity index (χ2n) is 6.75. The SMILES string of the molecule is COC(=O)c1cn(Cc2ccnc(N)c2F)c(=O)c(C)c1Nc1ccc(C)cc1F. The van der Waals surface area contributed by atoms with Gasteiger partial charge in [0.15, 0.2) is 11.6 Å². The molecule has 0 atom stereocenters. The number of hydrogen-bond donors (Lipinski definition) is 2. The Labute approximate surface area is 171 Å². The molecule has 0 saturated carbocycles. The second kappa shape index (κ2) is 8.32. The van der Waals surface area contributed by atoms with Gasteiger partial charge in [-0.1, -0.05) is 6.07 Å². The van der Waals surface area contributed by atoms with E-state index in [4.69, 9.17) is 10.5 Å². The Balaban J connectivity index is 2.12. The van der Waals surface area contributed by atoms with E-state index in [1.54, 1.807) is 13.0 Å². The summed E-state index contributed by atoms with van der Waals surface area (Å²) in [6, 6.07) is 5.91. The van der Waals surface area contributed by atoms with Gasteiger partial charge in [-0.15, -0.1) is 0 Å². The highest BCUT2D eigenvalue weighted by Gasteiger charge is 2.21. The van der Waals surface area contributed by atoms with Gasteiger partial charge in [0.25, 0.3) is 5.56 Å². The van der Waals surface area contributed by atoms with Crippen molar-refractivity contribution in [3.63, 3.8) is 0 Å². The number of carbonyl (C=O) groups excluding carboxylic acids is 1. The van der Waals surface area contributed by atoms with Crippen LogP contribution in [0.15, 0.2) is 41.5 Å². The molecule has 1 aromatic carbocycles. The molecule has 30 heavy (non-hydrogen) atoms. The molecule has 0 unspecified atom stereocenters. The Hall–Kier alpha value is -3.75. The number of pyridine rings is 2. The van der Waals surface area contributed by atoms with Crippen LogP contribution in [0.5, 0.6) is 0 Å². The molecule has 0 bridgehead atoms. The van der Waals surface area contributed by atoms with E-state index in [2.05, 4.69) is 10.3 Å². The van der Waals surface area contributed by atoms with Crippen molar-refractivity contribution in [1.82, 2.24) is 9.55 Å². The molecule has 0 radical (unpaired) electrons. The number of nitrogen functional groups attached to an aromatic ring is 1. The van der Waals surface area contributed by atoms with E-state index >= 15 is 0 Å². The molecule has 0 aliphatic rings. The fourth-order valence-electron chi connectivity index (χ4n) is 3.01. The zero-order chi connectivity index (χ0) is 22.0. The molecule has 2 aromatic heterocycles. The molecule has 0 spiro atoms. The van der Waals surface area contributed by atoms with Crippen LogP contribution in [-0.2, 0) is 11.3 Å². The lowest BCUT2D eigenvalue weighted by Crippen LogP contribution is -2.26. The summed E-state index contributed by atoms with van der Waals surface area (Å²) in [4.78, 5) is 28.9. The first-order chi connectivity index (χ1) is 14.2. The third-order valence-electron chi connectivity index (χ3n) is 4.64. The quantitative estimate of drug-likeness (QED) is 0.622. The van der Waals surface area contributed by atoms with E-state index < -0.39 is 23.2 Å². The Morgan fingerprint density at radius 2 is 2.00 bits per heavy atom. The maximum Gasteiger partial charge on any atom is 0.341 e. The van der Waals surface area contributed by atoms with Crippen LogP contribution in [0.25, 0.3) is 0 Å². The molecule has 7 nitrogen and oxygen atoms in total. The number of halogens is 2. The molecule has 9 heteroatoms. The van der Waals surface area contributed by atoms with Crippen LogP contribution in [0.2, 0.25) is 0 Å². The number of ether oxygens (including phenoxy) is 1. The maximum atomic E-state index is 14.3. The first kappa shape index (κ1) is 21.0. The lowest BCUT2D eigenvalue weighted by atomic mass is 10.1. The van der Waals surface area contributed by atoms with Crippen LogP contribution in [0, 0.1) is 25.5 Å². The van der Waals surface area contributed by atoms with Crippen molar-refractivity contribution in [1.29, 1.82) is 0 Å². The van der Waals surface area contributed by atoms with E-state index in [1.807, 2.05) is 0 Å². The molecule has 0 amide bonds. The number of esters is 1. The van der Waals surface area contributed by atoms with Gasteiger partial charge in [-0.05, 0) is 37.6 Å². The van der Waals surface area contributed by atoms with Crippen LogP contribution in [-0.4, -0.2) is 22.6 Å². The number of carbonyl (C=O) groups is 1. The van der Waals surface area contributed by atoms with Gasteiger partial charge in [-0.2, -0.15) is 0 Å². The van der Waals surface area contributed by atoms with Crippen molar-refractivity contribution in [3.8, 4) is 0 Å². The molecule has 2 heterocycles. The summed E-state index contributed by atoms with van der Waals surface area (Å²) in [6.45, 7) is 3.04. The third kappa shape index (κ3) is 4.00. The number of benzene rings is 1. The molecule has 3 rings (SSSR count). The number of aryl methyl sites for hydroxylation is 1. The monoisotopic (exact) mass is 414 g/mol. The first-order valence-corrected chi connectivity index (χ1v) is 8.97. The first-order valence-electron chi connectivity index (χ1n) is 8.97. The highest BCUT2D eigenvalue weighted by molar-refractivity contribution is 5.97. The zero-order valence-corrected chi connectivity index (χ0v) is 16.6. The maximum absolute atomic E-state index is 14.3. The summed E-state index contributed by atoms with van der Waals surface area (Å²) in [5.41, 5.74) is 6.18.